The van der Waals surface area contributed by atoms with Gasteiger partial charge in [-0.15, -0.1) is 0 Å². The van der Waals surface area contributed by atoms with Crippen LogP contribution < -0.4 is 0 Å². The van der Waals surface area contributed by atoms with Crippen LogP contribution in [0, 0.1) is 17.2 Å². The van der Waals surface area contributed by atoms with Crippen molar-refractivity contribution in [2.24, 2.45) is 5.92 Å². The third-order valence-electron chi connectivity index (χ3n) is 1.96. The summed E-state index contributed by atoms with van der Waals surface area (Å²) < 4.78 is 0. The first-order chi connectivity index (χ1) is 4.74. The van der Waals surface area contributed by atoms with Crippen LogP contribution in [0.15, 0.2) is 0 Å². The molecule has 0 radical (unpaired) electrons. The molecular weight excluding hydrogens is 130 g/mol. The first-order valence-electron chi connectivity index (χ1n) is 3.50. The molecule has 10 heavy (non-hydrogen) atoms. The zero-order chi connectivity index (χ0) is 7.56. The van der Waals surface area contributed by atoms with Gasteiger partial charge in [-0.25, -0.2) is 0 Å². The van der Waals surface area contributed by atoms with Crippen molar-refractivity contribution in [1.82, 2.24) is 0 Å². The molecule has 0 aromatic rings. The molecule has 1 fully saturated rings. The van der Waals surface area contributed by atoms with Crippen LogP contribution in [0.5, 0.6) is 0 Å². The van der Waals surface area contributed by atoms with Gasteiger partial charge in [-0.2, -0.15) is 5.26 Å². The largest absolute Gasteiger partial charge is 0.390 e. The van der Waals surface area contributed by atoms with Crippen molar-refractivity contribution >= 4 is 0 Å². The molecule has 0 aliphatic heterocycles. The second kappa shape index (κ2) is 3.00. The topological polar surface area (TPSA) is 64.2 Å². The summed E-state index contributed by atoms with van der Waals surface area (Å²) in [5.74, 6) is -0.0570. The van der Waals surface area contributed by atoms with Gasteiger partial charge in [0.2, 0.25) is 0 Å². The van der Waals surface area contributed by atoms with Gasteiger partial charge in [-0.1, -0.05) is 0 Å². The minimum atomic E-state index is -0.682. The molecular formula is C7H11NO2. The summed E-state index contributed by atoms with van der Waals surface area (Å²) in [6, 6.07) is 2.08. The van der Waals surface area contributed by atoms with Gasteiger partial charge in [0.25, 0.3) is 0 Å². The maximum Gasteiger partial charge on any atom is 0.0811 e. The fourth-order valence-electron chi connectivity index (χ4n) is 1.25. The molecule has 0 saturated heterocycles. The van der Waals surface area contributed by atoms with Crippen LogP contribution in [0.25, 0.3) is 0 Å². The standard InChI is InChI=1S/C7H11NO2/c8-4-5-1-2-6(9)7(10)3-5/h5-7,9-10H,1-3H2/t5-,6-,7+/m0/s1. The fourth-order valence-corrected chi connectivity index (χ4v) is 1.25. The second-order valence-corrected chi connectivity index (χ2v) is 2.77. The third-order valence-corrected chi connectivity index (χ3v) is 1.96. The zero-order valence-electron chi connectivity index (χ0n) is 5.70. The van der Waals surface area contributed by atoms with Gasteiger partial charge in [0.15, 0.2) is 0 Å². The van der Waals surface area contributed by atoms with Crippen LogP contribution in [0.3, 0.4) is 0 Å². The first kappa shape index (κ1) is 7.52. The molecule has 3 heteroatoms. The van der Waals surface area contributed by atoms with Gasteiger partial charge < -0.3 is 10.2 Å². The molecule has 56 valence electrons. The average molecular weight is 141 g/mol. The van der Waals surface area contributed by atoms with Crippen LogP contribution in [0.2, 0.25) is 0 Å². The number of nitrogens with zero attached hydrogens (tertiary/aromatic N) is 1. The van der Waals surface area contributed by atoms with E-state index >= 15 is 0 Å². The highest BCUT2D eigenvalue weighted by atomic mass is 16.3. The van der Waals surface area contributed by atoms with E-state index in [9.17, 15) is 0 Å². The van der Waals surface area contributed by atoms with E-state index < -0.39 is 12.2 Å². The van der Waals surface area contributed by atoms with Gasteiger partial charge in [0.05, 0.1) is 18.3 Å². The normalized spacial score (nSPS) is 40.7. The molecule has 3 nitrogen and oxygen atoms in total. The predicted molar refractivity (Wildman–Crippen MR) is 35.0 cm³/mol. The van der Waals surface area contributed by atoms with E-state index in [1.54, 1.807) is 0 Å². The van der Waals surface area contributed by atoms with Crippen molar-refractivity contribution < 1.29 is 10.2 Å². The summed E-state index contributed by atoms with van der Waals surface area (Å²) in [6.45, 7) is 0. The molecule has 0 spiro atoms. The van der Waals surface area contributed by atoms with Crippen molar-refractivity contribution in [2.45, 2.75) is 31.5 Å². The van der Waals surface area contributed by atoms with Crippen molar-refractivity contribution in [1.29, 1.82) is 5.26 Å². The minimum Gasteiger partial charge on any atom is -0.390 e. The molecule has 1 rings (SSSR count). The Balaban J connectivity index is 2.42. The van der Waals surface area contributed by atoms with E-state index in [1.165, 1.54) is 0 Å². The Morgan fingerprint density at radius 2 is 1.90 bits per heavy atom. The Labute approximate surface area is 59.9 Å². The molecule has 1 saturated carbocycles. The summed E-state index contributed by atoms with van der Waals surface area (Å²) in [5.41, 5.74) is 0. The van der Waals surface area contributed by atoms with Crippen molar-refractivity contribution in [3.8, 4) is 6.07 Å². The Morgan fingerprint density at radius 3 is 2.40 bits per heavy atom. The van der Waals surface area contributed by atoms with E-state index in [0.717, 1.165) is 0 Å². The van der Waals surface area contributed by atoms with Crippen LogP contribution in [0.1, 0.15) is 19.3 Å². The van der Waals surface area contributed by atoms with E-state index in [-0.39, 0.29) is 5.92 Å². The fraction of sp³-hybridized carbons (Fsp3) is 0.857. The first-order valence-corrected chi connectivity index (χ1v) is 3.50. The lowest BCUT2D eigenvalue weighted by Gasteiger charge is -2.25. The van der Waals surface area contributed by atoms with Crippen molar-refractivity contribution in [3.63, 3.8) is 0 Å². The van der Waals surface area contributed by atoms with E-state index in [4.69, 9.17) is 15.5 Å². The number of aliphatic hydroxyl groups is 2. The molecule has 0 aromatic heterocycles. The van der Waals surface area contributed by atoms with E-state index in [1.807, 2.05) is 0 Å². The number of rotatable bonds is 0. The molecule has 1 aliphatic rings. The van der Waals surface area contributed by atoms with E-state index in [0.29, 0.717) is 19.3 Å². The van der Waals surface area contributed by atoms with Crippen molar-refractivity contribution in [3.05, 3.63) is 0 Å². The number of hydrogen-bond acceptors (Lipinski definition) is 3. The maximum absolute atomic E-state index is 9.08. The Morgan fingerprint density at radius 1 is 1.20 bits per heavy atom. The summed E-state index contributed by atoms with van der Waals surface area (Å²) in [7, 11) is 0. The monoisotopic (exact) mass is 141 g/mol. The smallest absolute Gasteiger partial charge is 0.0811 e. The molecule has 1 aliphatic carbocycles. The highest BCUT2D eigenvalue weighted by Gasteiger charge is 2.26. The third kappa shape index (κ3) is 1.47. The number of hydrogen-bond donors (Lipinski definition) is 2. The molecule has 3 atom stereocenters. The van der Waals surface area contributed by atoms with E-state index in [2.05, 4.69) is 6.07 Å². The second-order valence-electron chi connectivity index (χ2n) is 2.77. The van der Waals surface area contributed by atoms with Crippen LogP contribution in [0.4, 0.5) is 0 Å². The zero-order valence-corrected chi connectivity index (χ0v) is 5.70. The van der Waals surface area contributed by atoms with Crippen LogP contribution in [-0.2, 0) is 0 Å². The number of aliphatic hydroxyl groups excluding tert-OH is 2. The number of nitriles is 1. The molecule has 0 aromatic carbocycles. The minimum absolute atomic E-state index is 0.0570. The van der Waals surface area contributed by atoms with Gasteiger partial charge in [0, 0.05) is 5.92 Å². The Kier molecular flexibility index (Phi) is 2.25. The summed E-state index contributed by atoms with van der Waals surface area (Å²) >= 11 is 0. The SMILES string of the molecule is N#C[C@H]1CC[C@H](O)[C@H](O)C1. The highest BCUT2D eigenvalue weighted by molar-refractivity contribution is 4.90. The van der Waals surface area contributed by atoms with Gasteiger partial charge >= 0.3 is 0 Å². The Bertz CT molecular complexity index is 152. The lowest BCUT2D eigenvalue weighted by Crippen LogP contribution is -2.32. The lowest BCUT2D eigenvalue weighted by molar-refractivity contribution is -0.0179. The Hall–Kier alpha value is -0.590. The van der Waals surface area contributed by atoms with Crippen LogP contribution in [-0.4, -0.2) is 22.4 Å². The van der Waals surface area contributed by atoms with Crippen LogP contribution >= 0.6 is 0 Å². The average Bonchev–Trinajstić information content (AvgIpc) is 1.95. The highest BCUT2D eigenvalue weighted by Crippen LogP contribution is 2.23. The quantitative estimate of drug-likeness (QED) is 0.500. The maximum atomic E-state index is 9.08. The molecule has 0 heterocycles. The van der Waals surface area contributed by atoms with Gasteiger partial charge in [-0.3, -0.25) is 0 Å². The molecule has 2 N–H and O–H groups in total. The molecule has 0 amide bonds. The molecule has 0 unspecified atom stereocenters. The van der Waals surface area contributed by atoms with Gasteiger partial charge in [-0.05, 0) is 19.3 Å². The lowest BCUT2D eigenvalue weighted by atomic mass is 9.86. The summed E-state index contributed by atoms with van der Waals surface area (Å²) in [5, 5.41) is 26.6. The predicted octanol–water partition coefficient (Wildman–Crippen LogP) is 0.0319. The van der Waals surface area contributed by atoms with Gasteiger partial charge in [0.1, 0.15) is 0 Å². The summed E-state index contributed by atoms with van der Waals surface area (Å²) in [6.07, 6.45) is 0.411. The summed E-state index contributed by atoms with van der Waals surface area (Å²) in [4.78, 5) is 0. The molecule has 0 bridgehead atoms. The van der Waals surface area contributed by atoms with Crippen molar-refractivity contribution in [2.75, 3.05) is 0 Å².